The summed E-state index contributed by atoms with van der Waals surface area (Å²) in [7, 11) is 0. The minimum atomic E-state index is -0.243. The van der Waals surface area contributed by atoms with Gasteiger partial charge in [0.2, 0.25) is 5.91 Å². The summed E-state index contributed by atoms with van der Waals surface area (Å²) in [6.45, 7) is 4.44. The first kappa shape index (κ1) is 18.9. The molecule has 2 aliphatic rings. The molecule has 0 spiro atoms. The normalized spacial score (nSPS) is 24.2. The first-order chi connectivity index (χ1) is 12.1. The SMILES string of the molecule is Cc1ccc(CC(=O)N2C[C@@H]3CNC[C@@H]3[C@@H]2c2ccccc2)cc1F.Cl. The quantitative estimate of drug-likeness (QED) is 0.891. The van der Waals surface area contributed by atoms with Crippen LogP contribution in [0, 0.1) is 24.6 Å². The smallest absolute Gasteiger partial charge is 0.227 e. The summed E-state index contributed by atoms with van der Waals surface area (Å²) in [5, 5.41) is 3.46. The summed E-state index contributed by atoms with van der Waals surface area (Å²) in [4.78, 5) is 15.0. The van der Waals surface area contributed by atoms with Crippen molar-refractivity contribution < 1.29 is 9.18 Å². The molecule has 1 N–H and O–H groups in total. The van der Waals surface area contributed by atoms with Crippen molar-refractivity contribution in [2.45, 2.75) is 19.4 Å². The molecule has 4 rings (SSSR count). The zero-order valence-electron chi connectivity index (χ0n) is 14.8. The molecule has 3 atom stereocenters. The molecule has 0 radical (unpaired) electrons. The van der Waals surface area contributed by atoms with E-state index in [1.807, 2.05) is 29.2 Å². The van der Waals surface area contributed by atoms with Crippen LogP contribution in [0.15, 0.2) is 48.5 Å². The van der Waals surface area contributed by atoms with Gasteiger partial charge in [-0.25, -0.2) is 4.39 Å². The number of carbonyl (C=O) groups is 1. The maximum atomic E-state index is 13.8. The van der Waals surface area contributed by atoms with Gasteiger partial charge >= 0.3 is 0 Å². The number of rotatable bonds is 3. The largest absolute Gasteiger partial charge is 0.335 e. The molecule has 2 heterocycles. The zero-order valence-corrected chi connectivity index (χ0v) is 15.6. The number of amides is 1. The van der Waals surface area contributed by atoms with Crippen LogP contribution in [0.1, 0.15) is 22.7 Å². The Kier molecular flexibility index (Phi) is 5.64. The van der Waals surface area contributed by atoms with Gasteiger partial charge in [-0.3, -0.25) is 4.79 Å². The Morgan fingerprint density at radius 3 is 2.69 bits per heavy atom. The molecular weight excluding hydrogens is 351 g/mol. The highest BCUT2D eigenvalue weighted by atomic mass is 35.5. The number of aryl methyl sites for hydroxylation is 1. The van der Waals surface area contributed by atoms with E-state index in [4.69, 9.17) is 0 Å². The number of nitrogens with one attached hydrogen (secondary N) is 1. The van der Waals surface area contributed by atoms with Crippen LogP contribution in [-0.2, 0) is 11.2 Å². The summed E-state index contributed by atoms with van der Waals surface area (Å²) in [6, 6.07) is 15.5. The predicted molar refractivity (Wildman–Crippen MR) is 103 cm³/mol. The van der Waals surface area contributed by atoms with Crippen LogP contribution in [0.5, 0.6) is 0 Å². The zero-order chi connectivity index (χ0) is 17.4. The summed E-state index contributed by atoms with van der Waals surface area (Å²) in [5.74, 6) is 0.809. The fourth-order valence-corrected chi connectivity index (χ4v) is 4.28. The van der Waals surface area contributed by atoms with Gasteiger partial charge < -0.3 is 10.2 Å². The Balaban J connectivity index is 0.00000196. The number of carbonyl (C=O) groups excluding carboxylic acids is 1. The Labute approximate surface area is 160 Å². The molecule has 138 valence electrons. The number of nitrogens with zero attached hydrogens (tertiary/aromatic N) is 1. The fourth-order valence-electron chi connectivity index (χ4n) is 4.28. The maximum absolute atomic E-state index is 13.8. The van der Waals surface area contributed by atoms with E-state index in [1.165, 1.54) is 11.6 Å². The number of hydrogen-bond donors (Lipinski definition) is 1. The monoisotopic (exact) mass is 374 g/mol. The summed E-state index contributed by atoms with van der Waals surface area (Å²) in [5.41, 5.74) is 2.55. The van der Waals surface area contributed by atoms with Crippen molar-refractivity contribution in [3.8, 4) is 0 Å². The van der Waals surface area contributed by atoms with E-state index in [0.717, 1.165) is 25.2 Å². The molecule has 2 aromatic rings. The van der Waals surface area contributed by atoms with E-state index in [-0.39, 0.29) is 36.6 Å². The van der Waals surface area contributed by atoms with Crippen LogP contribution in [0.4, 0.5) is 4.39 Å². The molecule has 0 aromatic heterocycles. The van der Waals surface area contributed by atoms with Gasteiger partial charge in [0.25, 0.3) is 0 Å². The topological polar surface area (TPSA) is 32.3 Å². The van der Waals surface area contributed by atoms with Crippen LogP contribution in [-0.4, -0.2) is 30.4 Å². The molecular formula is C21H24ClFN2O. The van der Waals surface area contributed by atoms with E-state index < -0.39 is 0 Å². The fraction of sp³-hybridized carbons (Fsp3) is 0.381. The highest BCUT2D eigenvalue weighted by Crippen LogP contribution is 2.42. The maximum Gasteiger partial charge on any atom is 0.227 e. The minimum Gasteiger partial charge on any atom is -0.335 e. The van der Waals surface area contributed by atoms with E-state index in [1.54, 1.807) is 13.0 Å². The summed E-state index contributed by atoms with van der Waals surface area (Å²) < 4.78 is 13.8. The van der Waals surface area contributed by atoms with E-state index in [9.17, 15) is 9.18 Å². The predicted octanol–water partition coefficient (Wildman–Crippen LogP) is 3.52. The molecule has 0 unspecified atom stereocenters. The van der Waals surface area contributed by atoms with Crippen molar-refractivity contribution >= 4 is 18.3 Å². The van der Waals surface area contributed by atoms with Crippen LogP contribution in [0.25, 0.3) is 0 Å². The lowest BCUT2D eigenvalue weighted by molar-refractivity contribution is -0.131. The molecule has 2 fully saturated rings. The van der Waals surface area contributed by atoms with Gasteiger partial charge in [-0.1, -0.05) is 42.5 Å². The Morgan fingerprint density at radius 1 is 1.19 bits per heavy atom. The molecule has 1 amide bonds. The summed E-state index contributed by atoms with van der Waals surface area (Å²) >= 11 is 0. The second-order valence-corrected chi connectivity index (χ2v) is 7.24. The number of likely N-dealkylation sites (tertiary alicyclic amines) is 1. The summed E-state index contributed by atoms with van der Waals surface area (Å²) in [6.07, 6.45) is 0.257. The molecule has 0 bridgehead atoms. The van der Waals surface area contributed by atoms with E-state index in [2.05, 4.69) is 17.4 Å². The number of hydrogen-bond acceptors (Lipinski definition) is 2. The minimum absolute atomic E-state index is 0. The van der Waals surface area contributed by atoms with Gasteiger partial charge in [-0.05, 0) is 35.6 Å². The van der Waals surface area contributed by atoms with Gasteiger partial charge in [0.15, 0.2) is 0 Å². The first-order valence-corrected chi connectivity index (χ1v) is 8.93. The molecule has 26 heavy (non-hydrogen) atoms. The van der Waals surface area contributed by atoms with Gasteiger partial charge in [0, 0.05) is 25.6 Å². The van der Waals surface area contributed by atoms with Crippen molar-refractivity contribution in [3.05, 3.63) is 71.0 Å². The second-order valence-electron chi connectivity index (χ2n) is 7.24. The molecule has 0 aliphatic carbocycles. The van der Waals surface area contributed by atoms with Crippen molar-refractivity contribution in [2.24, 2.45) is 11.8 Å². The first-order valence-electron chi connectivity index (χ1n) is 8.93. The van der Waals surface area contributed by atoms with Gasteiger partial charge in [0.05, 0.1) is 12.5 Å². The Hall–Kier alpha value is -1.91. The second kappa shape index (κ2) is 7.77. The van der Waals surface area contributed by atoms with E-state index >= 15 is 0 Å². The molecule has 2 saturated heterocycles. The van der Waals surface area contributed by atoms with Crippen LogP contribution >= 0.6 is 12.4 Å². The highest BCUT2D eigenvalue weighted by Gasteiger charge is 2.46. The average molecular weight is 375 g/mol. The number of halogens is 2. The van der Waals surface area contributed by atoms with Gasteiger partial charge in [-0.15, -0.1) is 12.4 Å². The van der Waals surface area contributed by atoms with Crippen LogP contribution in [0.2, 0.25) is 0 Å². The molecule has 2 aliphatic heterocycles. The molecule has 5 heteroatoms. The van der Waals surface area contributed by atoms with E-state index in [0.29, 0.717) is 17.4 Å². The third-order valence-electron chi connectivity index (χ3n) is 5.62. The molecule has 2 aromatic carbocycles. The Bertz CT molecular complexity index is 783. The Morgan fingerprint density at radius 2 is 1.96 bits per heavy atom. The molecule has 0 saturated carbocycles. The lowest BCUT2D eigenvalue weighted by Crippen LogP contribution is -2.35. The lowest BCUT2D eigenvalue weighted by Gasteiger charge is -2.28. The lowest BCUT2D eigenvalue weighted by atomic mass is 9.89. The van der Waals surface area contributed by atoms with Crippen molar-refractivity contribution in [1.29, 1.82) is 0 Å². The third-order valence-corrected chi connectivity index (χ3v) is 5.62. The van der Waals surface area contributed by atoms with Crippen molar-refractivity contribution in [1.82, 2.24) is 10.2 Å². The standard InChI is InChI=1S/C21H23FN2O.ClH/c1-14-7-8-15(9-19(14)22)10-20(25)24-13-17-11-23-12-18(17)21(24)16-5-3-2-4-6-16;/h2-9,17-18,21,23H,10-13H2,1H3;1H/t17-,18-,21-;/m0./s1. The van der Waals surface area contributed by atoms with Gasteiger partial charge in [0.1, 0.15) is 5.82 Å². The van der Waals surface area contributed by atoms with Crippen LogP contribution < -0.4 is 5.32 Å². The number of benzene rings is 2. The van der Waals surface area contributed by atoms with Crippen LogP contribution in [0.3, 0.4) is 0 Å². The van der Waals surface area contributed by atoms with Crippen molar-refractivity contribution in [2.75, 3.05) is 19.6 Å². The van der Waals surface area contributed by atoms with Gasteiger partial charge in [-0.2, -0.15) is 0 Å². The highest BCUT2D eigenvalue weighted by molar-refractivity contribution is 5.85. The third kappa shape index (κ3) is 3.49. The molecule has 3 nitrogen and oxygen atoms in total. The average Bonchev–Trinajstić information content (AvgIpc) is 3.19. The number of fused-ring (bicyclic) bond motifs is 1. The van der Waals surface area contributed by atoms with Crippen molar-refractivity contribution in [3.63, 3.8) is 0 Å².